The van der Waals surface area contributed by atoms with Crippen molar-refractivity contribution in [1.29, 1.82) is 0 Å². The highest BCUT2D eigenvalue weighted by molar-refractivity contribution is 6.05. The number of anilines is 1. The smallest absolute Gasteiger partial charge is 0.255 e. The van der Waals surface area contributed by atoms with E-state index in [4.69, 9.17) is 0 Å². The van der Waals surface area contributed by atoms with Crippen LogP contribution < -0.4 is 5.32 Å². The van der Waals surface area contributed by atoms with Gasteiger partial charge in [0.1, 0.15) is 0 Å². The molecule has 2 aromatic carbocycles. The van der Waals surface area contributed by atoms with Crippen molar-refractivity contribution in [1.82, 2.24) is 4.90 Å². The van der Waals surface area contributed by atoms with Gasteiger partial charge in [-0.25, -0.2) is 0 Å². The molecule has 0 radical (unpaired) electrons. The molecule has 0 spiro atoms. The minimum atomic E-state index is -0.168. The molecular weight excluding hydrogens is 324 g/mol. The number of aryl methyl sites for hydroxylation is 1. The molecule has 1 saturated heterocycles. The molecular formula is C22H26N2O2. The molecule has 4 nitrogen and oxygen atoms in total. The van der Waals surface area contributed by atoms with Crippen LogP contribution in [0.2, 0.25) is 0 Å². The number of rotatable bonds is 3. The first kappa shape index (κ1) is 18.2. The Kier molecular flexibility index (Phi) is 5.40. The van der Waals surface area contributed by atoms with Gasteiger partial charge < -0.3 is 10.2 Å². The molecule has 1 aliphatic rings. The van der Waals surface area contributed by atoms with Crippen LogP contribution in [0.1, 0.15) is 46.5 Å². The third kappa shape index (κ3) is 4.13. The summed E-state index contributed by atoms with van der Waals surface area (Å²) < 4.78 is 0. The quantitative estimate of drug-likeness (QED) is 0.894. The van der Waals surface area contributed by atoms with Gasteiger partial charge in [-0.05, 0) is 55.0 Å². The number of carbonyl (C=O) groups excluding carboxylic acids is 2. The van der Waals surface area contributed by atoms with Gasteiger partial charge in [0.25, 0.3) is 11.8 Å². The fourth-order valence-corrected chi connectivity index (χ4v) is 3.69. The molecule has 136 valence electrons. The van der Waals surface area contributed by atoms with Crippen LogP contribution in [0.15, 0.2) is 48.5 Å². The lowest BCUT2D eigenvalue weighted by Gasteiger charge is -2.35. The number of hydrogen-bond acceptors (Lipinski definition) is 2. The van der Waals surface area contributed by atoms with Crippen LogP contribution in [0.5, 0.6) is 0 Å². The SMILES string of the molecule is Cc1ccc(C(=O)N2CC(C)CC(C)C2)cc1NC(=O)c1ccccc1. The maximum atomic E-state index is 12.9. The van der Waals surface area contributed by atoms with E-state index in [1.165, 1.54) is 0 Å². The number of benzene rings is 2. The monoisotopic (exact) mass is 350 g/mol. The second kappa shape index (κ2) is 7.73. The van der Waals surface area contributed by atoms with Crippen LogP contribution in [0.3, 0.4) is 0 Å². The molecule has 4 heteroatoms. The van der Waals surface area contributed by atoms with Gasteiger partial charge >= 0.3 is 0 Å². The summed E-state index contributed by atoms with van der Waals surface area (Å²) in [6.07, 6.45) is 1.16. The molecule has 1 fully saturated rings. The first-order valence-corrected chi connectivity index (χ1v) is 9.20. The second-order valence-corrected chi connectivity index (χ2v) is 7.51. The highest BCUT2D eigenvalue weighted by atomic mass is 16.2. The summed E-state index contributed by atoms with van der Waals surface area (Å²) in [4.78, 5) is 27.3. The Hall–Kier alpha value is -2.62. The summed E-state index contributed by atoms with van der Waals surface area (Å²) in [7, 11) is 0. The third-order valence-corrected chi connectivity index (χ3v) is 4.92. The van der Waals surface area contributed by atoms with E-state index in [1.807, 2.05) is 42.2 Å². The lowest BCUT2D eigenvalue weighted by atomic mass is 9.91. The van der Waals surface area contributed by atoms with Crippen molar-refractivity contribution in [2.75, 3.05) is 18.4 Å². The molecule has 1 N–H and O–H groups in total. The summed E-state index contributed by atoms with van der Waals surface area (Å²) in [6.45, 7) is 7.90. The maximum absolute atomic E-state index is 12.9. The van der Waals surface area contributed by atoms with Gasteiger partial charge in [-0.3, -0.25) is 9.59 Å². The topological polar surface area (TPSA) is 49.4 Å². The minimum absolute atomic E-state index is 0.0404. The molecule has 2 atom stereocenters. The van der Waals surface area contributed by atoms with Gasteiger partial charge in [0.05, 0.1) is 0 Å². The number of carbonyl (C=O) groups is 2. The van der Waals surface area contributed by atoms with Gasteiger partial charge in [0.15, 0.2) is 0 Å². The number of nitrogens with zero attached hydrogens (tertiary/aromatic N) is 1. The highest BCUT2D eigenvalue weighted by Crippen LogP contribution is 2.24. The van der Waals surface area contributed by atoms with E-state index in [9.17, 15) is 9.59 Å². The molecule has 1 heterocycles. The lowest BCUT2D eigenvalue weighted by Crippen LogP contribution is -2.42. The molecule has 0 bridgehead atoms. The van der Waals surface area contributed by atoms with Gasteiger partial charge in [-0.2, -0.15) is 0 Å². The zero-order valence-electron chi connectivity index (χ0n) is 15.7. The van der Waals surface area contributed by atoms with E-state index in [-0.39, 0.29) is 11.8 Å². The number of piperidine rings is 1. The molecule has 0 saturated carbocycles. The third-order valence-electron chi connectivity index (χ3n) is 4.92. The summed E-state index contributed by atoms with van der Waals surface area (Å²) in [6, 6.07) is 14.6. The summed E-state index contributed by atoms with van der Waals surface area (Å²) in [5, 5.41) is 2.93. The Morgan fingerprint density at radius 3 is 2.27 bits per heavy atom. The zero-order chi connectivity index (χ0) is 18.7. The average Bonchev–Trinajstić information content (AvgIpc) is 2.63. The lowest BCUT2D eigenvalue weighted by molar-refractivity contribution is 0.0623. The molecule has 0 aromatic heterocycles. The zero-order valence-corrected chi connectivity index (χ0v) is 15.7. The largest absolute Gasteiger partial charge is 0.338 e. The van der Waals surface area contributed by atoms with Crippen LogP contribution >= 0.6 is 0 Å². The predicted octanol–water partition coefficient (Wildman–Crippen LogP) is 4.37. The number of hydrogen-bond donors (Lipinski definition) is 1. The summed E-state index contributed by atoms with van der Waals surface area (Å²) >= 11 is 0. The molecule has 2 amide bonds. The minimum Gasteiger partial charge on any atom is -0.338 e. The van der Waals surface area contributed by atoms with Crippen LogP contribution in [-0.2, 0) is 0 Å². The second-order valence-electron chi connectivity index (χ2n) is 7.51. The average molecular weight is 350 g/mol. The molecule has 26 heavy (non-hydrogen) atoms. The molecule has 3 rings (SSSR count). The maximum Gasteiger partial charge on any atom is 0.255 e. The molecule has 2 unspecified atom stereocenters. The fraction of sp³-hybridized carbons (Fsp3) is 0.364. The van der Waals surface area contributed by atoms with Crippen molar-refractivity contribution in [3.05, 3.63) is 65.2 Å². The van der Waals surface area contributed by atoms with Crippen molar-refractivity contribution in [2.45, 2.75) is 27.2 Å². The van der Waals surface area contributed by atoms with E-state index in [2.05, 4.69) is 19.2 Å². The van der Waals surface area contributed by atoms with Crippen LogP contribution in [0, 0.1) is 18.8 Å². The Balaban J connectivity index is 1.79. The van der Waals surface area contributed by atoms with Gasteiger partial charge in [-0.1, -0.05) is 38.1 Å². The first-order chi connectivity index (χ1) is 12.4. The first-order valence-electron chi connectivity index (χ1n) is 9.20. The van der Waals surface area contributed by atoms with Gasteiger partial charge in [0.2, 0.25) is 0 Å². The standard InChI is InChI=1S/C22H26N2O2/c1-15-11-16(2)14-24(13-15)22(26)19-10-9-17(3)20(12-19)23-21(25)18-7-5-4-6-8-18/h4-10,12,15-16H,11,13-14H2,1-3H3,(H,23,25). The highest BCUT2D eigenvalue weighted by Gasteiger charge is 2.26. The van der Waals surface area contributed by atoms with E-state index in [1.54, 1.807) is 18.2 Å². The van der Waals surface area contributed by atoms with Crippen molar-refractivity contribution < 1.29 is 9.59 Å². The van der Waals surface area contributed by atoms with E-state index in [0.29, 0.717) is 28.7 Å². The Labute approximate surface area is 155 Å². The summed E-state index contributed by atoms with van der Waals surface area (Å²) in [5.74, 6) is 0.910. The van der Waals surface area contributed by atoms with E-state index >= 15 is 0 Å². The number of amides is 2. The predicted molar refractivity (Wildman–Crippen MR) is 104 cm³/mol. The normalized spacial score (nSPS) is 19.9. The Morgan fingerprint density at radius 1 is 0.962 bits per heavy atom. The van der Waals surface area contributed by atoms with Crippen molar-refractivity contribution in [3.63, 3.8) is 0 Å². The summed E-state index contributed by atoms with van der Waals surface area (Å²) in [5.41, 5.74) is 2.84. The number of nitrogens with one attached hydrogen (secondary N) is 1. The van der Waals surface area contributed by atoms with E-state index in [0.717, 1.165) is 25.1 Å². The molecule has 1 aliphatic heterocycles. The number of likely N-dealkylation sites (tertiary alicyclic amines) is 1. The van der Waals surface area contributed by atoms with Gasteiger partial charge in [0, 0.05) is 29.9 Å². The van der Waals surface area contributed by atoms with Crippen LogP contribution in [0.4, 0.5) is 5.69 Å². The Morgan fingerprint density at radius 2 is 1.62 bits per heavy atom. The van der Waals surface area contributed by atoms with Crippen LogP contribution in [0.25, 0.3) is 0 Å². The van der Waals surface area contributed by atoms with Crippen molar-refractivity contribution in [2.24, 2.45) is 11.8 Å². The fourth-order valence-electron chi connectivity index (χ4n) is 3.69. The molecule has 2 aromatic rings. The van der Waals surface area contributed by atoms with Crippen molar-refractivity contribution >= 4 is 17.5 Å². The molecule has 0 aliphatic carbocycles. The van der Waals surface area contributed by atoms with E-state index < -0.39 is 0 Å². The Bertz CT molecular complexity index is 791. The van der Waals surface area contributed by atoms with Crippen molar-refractivity contribution in [3.8, 4) is 0 Å². The van der Waals surface area contributed by atoms with Crippen LogP contribution in [-0.4, -0.2) is 29.8 Å². The van der Waals surface area contributed by atoms with Gasteiger partial charge in [-0.15, -0.1) is 0 Å².